The molecule has 2 nitrogen and oxygen atoms in total. The molecule has 0 aliphatic carbocycles. The second kappa shape index (κ2) is 11.1. The Morgan fingerprint density at radius 3 is 1.48 bits per heavy atom. The lowest BCUT2D eigenvalue weighted by atomic mass is 10.0. The third kappa shape index (κ3) is 4.83. The standard InChI is InChI=1S/C42H29NO/c1-3-9-30(10-4-1)32-15-22-36(23-16-32)43(37-24-17-33(18-25-37)31-11-5-2-6-12-31)38-26-19-34(20-27-38)35-21-28-40-39-13-7-8-14-41(39)44-42(40)29-35/h1-29H/i15D,16D,22D,23D. The molecule has 0 unspecified atom stereocenters. The van der Waals surface area contributed by atoms with Gasteiger partial charge in [0.15, 0.2) is 0 Å². The van der Waals surface area contributed by atoms with Crippen LogP contribution in [0, 0.1) is 0 Å². The quantitative estimate of drug-likeness (QED) is 0.199. The van der Waals surface area contributed by atoms with Crippen molar-refractivity contribution >= 4 is 39.0 Å². The fourth-order valence-electron chi connectivity index (χ4n) is 5.72. The zero-order valence-corrected chi connectivity index (χ0v) is 23.8. The van der Waals surface area contributed by atoms with Crippen molar-refractivity contribution in [2.75, 3.05) is 4.90 Å². The third-order valence-corrected chi connectivity index (χ3v) is 7.97. The smallest absolute Gasteiger partial charge is 0.136 e. The number of benzene rings is 7. The second-order valence-corrected chi connectivity index (χ2v) is 10.7. The van der Waals surface area contributed by atoms with Gasteiger partial charge in [-0.2, -0.15) is 0 Å². The molecule has 44 heavy (non-hydrogen) atoms. The van der Waals surface area contributed by atoms with Gasteiger partial charge in [0.05, 0.1) is 5.48 Å². The summed E-state index contributed by atoms with van der Waals surface area (Å²) < 4.78 is 42.5. The number of furan rings is 1. The zero-order valence-electron chi connectivity index (χ0n) is 27.8. The van der Waals surface area contributed by atoms with Gasteiger partial charge in [-0.3, -0.25) is 0 Å². The molecular weight excluding hydrogens is 534 g/mol. The van der Waals surface area contributed by atoms with Gasteiger partial charge in [-0.1, -0.05) is 121 Å². The van der Waals surface area contributed by atoms with Crippen LogP contribution in [0.25, 0.3) is 55.3 Å². The Morgan fingerprint density at radius 1 is 0.364 bits per heavy atom. The summed E-state index contributed by atoms with van der Waals surface area (Å²) in [6, 6.07) is 49.0. The zero-order chi connectivity index (χ0) is 32.8. The molecule has 0 radical (unpaired) electrons. The van der Waals surface area contributed by atoms with Crippen molar-refractivity contribution < 1.29 is 9.90 Å². The normalized spacial score (nSPS) is 12.5. The second-order valence-electron chi connectivity index (χ2n) is 10.7. The minimum absolute atomic E-state index is 0.0844. The molecule has 0 bridgehead atoms. The molecule has 0 aliphatic rings. The van der Waals surface area contributed by atoms with Crippen molar-refractivity contribution in [3.8, 4) is 33.4 Å². The van der Waals surface area contributed by atoms with Crippen molar-refractivity contribution in [3.63, 3.8) is 0 Å². The lowest BCUT2D eigenvalue weighted by molar-refractivity contribution is 0.669. The topological polar surface area (TPSA) is 16.4 Å². The highest BCUT2D eigenvalue weighted by atomic mass is 16.3. The molecule has 8 aromatic rings. The molecule has 1 aromatic heterocycles. The minimum Gasteiger partial charge on any atom is -0.456 e. The summed E-state index contributed by atoms with van der Waals surface area (Å²) in [5.41, 5.74) is 8.33. The van der Waals surface area contributed by atoms with Crippen molar-refractivity contribution in [3.05, 3.63) is 176 Å². The van der Waals surface area contributed by atoms with Gasteiger partial charge in [-0.15, -0.1) is 0 Å². The molecule has 0 saturated carbocycles. The maximum Gasteiger partial charge on any atom is 0.136 e. The van der Waals surface area contributed by atoms with Crippen LogP contribution in [-0.4, -0.2) is 0 Å². The van der Waals surface area contributed by atoms with Crippen LogP contribution in [0.15, 0.2) is 180 Å². The van der Waals surface area contributed by atoms with Crippen LogP contribution in [0.4, 0.5) is 17.1 Å². The lowest BCUT2D eigenvalue weighted by Crippen LogP contribution is -2.09. The van der Waals surface area contributed by atoms with E-state index in [0.717, 1.165) is 49.9 Å². The molecular formula is C42H29NO. The highest BCUT2D eigenvalue weighted by Gasteiger charge is 2.14. The predicted octanol–water partition coefficient (Wildman–Crippen LogP) is 12.1. The lowest BCUT2D eigenvalue weighted by Gasteiger charge is -2.26. The molecule has 0 atom stereocenters. The molecule has 8 rings (SSSR count). The first kappa shape index (κ1) is 21.8. The molecule has 2 heteroatoms. The molecule has 208 valence electrons. The summed E-state index contributed by atoms with van der Waals surface area (Å²) >= 11 is 0. The highest BCUT2D eigenvalue weighted by Crippen LogP contribution is 2.38. The number of nitrogens with zero attached hydrogens (tertiary/aromatic N) is 1. The predicted molar refractivity (Wildman–Crippen MR) is 185 cm³/mol. The van der Waals surface area contributed by atoms with Crippen molar-refractivity contribution in [2.45, 2.75) is 0 Å². The van der Waals surface area contributed by atoms with Crippen LogP contribution < -0.4 is 4.90 Å². The molecule has 0 amide bonds. The van der Waals surface area contributed by atoms with E-state index in [0.29, 0.717) is 11.3 Å². The fraction of sp³-hybridized carbons (Fsp3) is 0. The summed E-state index contributed by atoms with van der Waals surface area (Å²) in [5.74, 6) is 0. The van der Waals surface area contributed by atoms with Crippen molar-refractivity contribution in [1.29, 1.82) is 0 Å². The maximum atomic E-state index is 9.19. The summed E-state index contributed by atoms with van der Waals surface area (Å²) in [5, 5.41) is 2.15. The van der Waals surface area contributed by atoms with Crippen molar-refractivity contribution in [1.82, 2.24) is 0 Å². The van der Waals surface area contributed by atoms with Crippen LogP contribution in [-0.2, 0) is 0 Å². The van der Waals surface area contributed by atoms with E-state index >= 15 is 0 Å². The van der Waals surface area contributed by atoms with Gasteiger partial charge in [-0.25, -0.2) is 0 Å². The Balaban J connectivity index is 1.25. The number of hydrogen-bond donors (Lipinski definition) is 0. The van der Waals surface area contributed by atoms with Gasteiger partial charge >= 0.3 is 0 Å². The van der Waals surface area contributed by atoms with Gasteiger partial charge in [0, 0.05) is 27.8 Å². The Labute approximate surface area is 262 Å². The van der Waals surface area contributed by atoms with Crippen LogP contribution in [0.3, 0.4) is 0 Å². The van der Waals surface area contributed by atoms with Gasteiger partial charge in [0.1, 0.15) is 11.2 Å². The Kier molecular flexibility index (Phi) is 5.49. The number of rotatable bonds is 6. The highest BCUT2D eigenvalue weighted by molar-refractivity contribution is 6.05. The Morgan fingerprint density at radius 2 is 0.841 bits per heavy atom. The van der Waals surface area contributed by atoms with E-state index in [2.05, 4.69) is 36.4 Å². The van der Waals surface area contributed by atoms with Crippen LogP contribution in [0.1, 0.15) is 5.48 Å². The van der Waals surface area contributed by atoms with E-state index in [-0.39, 0.29) is 35.4 Å². The van der Waals surface area contributed by atoms with E-state index in [4.69, 9.17) is 7.16 Å². The summed E-state index contributed by atoms with van der Waals surface area (Å²) in [4.78, 5) is 1.82. The van der Waals surface area contributed by atoms with Crippen LogP contribution in [0.2, 0.25) is 0 Å². The van der Waals surface area contributed by atoms with Crippen molar-refractivity contribution in [2.24, 2.45) is 0 Å². The monoisotopic (exact) mass is 567 g/mol. The Bertz CT molecular complexity index is 2390. The maximum absolute atomic E-state index is 9.19. The molecule has 0 saturated heterocycles. The number of para-hydroxylation sites is 1. The molecule has 0 N–H and O–H groups in total. The van der Waals surface area contributed by atoms with Gasteiger partial charge in [-0.05, 0) is 87.9 Å². The van der Waals surface area contributed by atoms with Crippen LogP contribution >= 0.6 is 0 Å². The average molecular weight is 568 g/mol. The van der Waals surface area contributed by atoms with Gasteiger partial charge in [0.25, 0.3) is 0 Å². The summed E-state index contributed by atoms with van der Waals surface area (Å²) in [7, 11) is 0. The van der Waals surface area contributed by atoms with E-state index in [1.54, 1.807) is 0 Å². The first-order valence-electron chi connectivity index (χ1n) is 16.6. The first-order valence-corrected chi connectivity index (χ1v) is 14.6. The minimum atomic E-state index is -0.110. The number of anilines is 3. The van der Waals surface area contributed by atoms with Gasteiger partial charge < -0.3 is 9.32 Å². The molecule has 0 spiro atoms. The summed E-state index contributed by atoms with van der Waals surface area (Å²) in [6.45, 7) is 0. The van der Waals surface area contributed by atoms with Gasteiger partial charge in [0.2, 0.25) is 0 Å². The molecule has 0 aliphatic heterocycles. The fourth-order valence-corrected chi connectivity index (χ4v) is 5.72. The summed E-state index contributed by atoms with van der Waals surface area (Å²) in [6.07, 6.45) is 0. The average Bonchev–Trinajstić information content (AvgIpc) is 3.52. The third-order valence-electron chi connectivity index (χ3n) is 7.97. The van der Waals surface area contributed by atoms with E-state index in [1.165, 1.54) is 0 Å². The number of hydrogen-bond acceptors (Lipinski definition) is 2. The SMILES string of the molecule is [2H]c1c([2H])c(N(c2ccc(-c3ccccc3)cc2)c2ccc(-c3ccc4c(c3)oc3ccccc34)cc2)c([2H])c([2H])c1-c1ccccc1. The Hall–Kier alpha value is -5.86. The molecule has 7 aromatic carbocycles. The largest absolute Gasteiger partial charge is 0.456 e. The van der Waals surface area contributed by atoms with E-state index in [1.807, 2.05) is 120 Å². The van der Waals surface area contributed by atoms with E-state index in [9.17, 15) is 2.74 Å². The first-order chi connectivity index (χ1) is 23.5. The molecule has 0 fully saturated rings. The van der Waals surface area contributed by atoms with E-state index < -0.39 is 0 Å². The number of fused-ring (bicyclic) bond motifs is 3. The molecule has 1 heterocycles. The van der Waals surface area contributed by atoms with Crippen LogP contribution in [0.5, 0.6) is 0 Å².